The van der Waals surface area contributed by atoms with E-state index in [1.54, 1.807) is 6.07 Å². The van der Waals surface area contributed by atoms with Crippen LogP contribution < -0.4 is 5.32 Å². The first-order valence-corrected chi connectivity index (χ1v) is 8.44. The number of rotatable bonds is 4. The average molecular weight is 369 g/mol. The van der Waals surface area contributed by atoms with Gasteiger partial charge in [0.05, 0.1) is 17.0 Å². The van der Waals surface area contributed by atoms with Crippen LogP contribution in [-0.4, -0.2) is 18.3 Å². The first-order chi connectivity index (χ1) is 11.4. The van der Waals surface area contributed by atoms with Gasteiger partial charge in [0.25, 0.3) is 15.9 Å². The number of amides is 1. The second-order valence-electron chi connectivity index (χ2n) is 4.72. The van der Waals surface area contributed by atoms with Crippen molar-refractivity contribution < 1.29 is 22.0 Å². The fraction of sp³-hybridized carbons (Fsp3) is 0. The average Bonchev–Trinajstić information content (AvgIpc) is 3.21. The lowest BCUT2D eigenvalue weighted by Gasteiger charge is -2.07. The van der Waals surface area contributed by atoms with Crippen LogP contribution in [0.5, 0.6) is 0 Å². The Kier molecular flexibility index (Phi) is 4.16. The van der Waals surface area contributed by atoms with Crippen LogP contribution in [0.2, 0.25) is 5.02 Å². The second-order valence-corrected chi connectivity index (χ2v) is 6.94. The Bertz CT molecular complexity index is 996. The maximum absolute atomic E-state index is 14.0. The van der Waals surface area contributed by atoms with E-state index in [1.807, 2.05) is 0 Å². The Morgan fingerprint density at radius 2 is 2.00 bits per heavy atom. The molecule has 3 aromatic rings. The van der Waals surface area contributed by atoms with Gasteiger partial charge in [0, 0.05) is 12.4 Å². The van der Waals surface area contributed by atoms with Crippen molar-refractivity contribution in [1.82, 2.24) is 3.97 Å². The molecule has 0 fully saturated rings. The van der Waals surface area contributed by atoms with Gasteiger partial charge in [-0.25, -0.2) is 16.8 Å². The van der Waals surface area contributed by atoms with Gasteiger partial charge in [0.1, 0.15) is 4.90 Å². The molecule has 6 nitrogen and oxygen atoms in total. The van der Waals surface area contributed by atoms with Crippen LogP contribution >= 0.6 is 11.6 Å². The number of furan rings is 1. The molecule has 0 spiro atoms. The van der Waals surface area contributed by atoms with Crippen molar-refractivity contribution >= 4 is 33.2 Å². The third-order valence-corrected chi connectivity index (χ3v) is 5.09. The van der Waals surface area contributed by atoms with Crippen molar-refractivity contribution in [2.24, 2.45) is 0 Å². The summed E-state index contributed by atoms with van der Waals surface area (Å²) in [5, 5.41) is 2.18. The summed E-state index contributed by atoms with van der Waals surface area (Å²) in [6.07, 6.45) is 3.68. The molecule has 0 aliphatic heterocycles. The topological polar surface area (TPSA) is 81.3 Å². The highest BCUT2D eigenvalue weighted by molar-refractivity contribution is 7.90. The molecule has 0 atom stereocenters. The number of nitrogens with one attached hydrogen (secondary N) is 1. The number of nitrogens with zero attached hydrogens (tertiary/aromatic N) is 1. The van der Waals surface area contributed by atoms with Crippen molar-refractivity contribution in [2.45, 2.75) is 4.90 Å². The minimum absolute atomic E-state index is 0.0755. The molecular weight excluding hydrogens is 359 g/mol. The molecule has 0 saturated heterocycles. The molecule has 0 aliphatic rings. The Labute approximate surface area is 141 Å². The molecule has 0 bridgehead atoms. The van der Waals surface area contributed by atoms with Crippen LogP contribution in [0.1, 0.15) is 10.6 Å². The van der Waals surface area contributed by atoms with Crippen molar-refractivity contribution in [3.8, 4) is 0 Å². The number of hydrogen-bond donors (Lipinski definition) is 1. The quantitative estimate of drug-likeness (QED) is 0.765. The van der Waals surface area contributed by atoms with E-state index in [0.29, 0.717) is 0 Å². The Balaban J connectivity index is 1.90. The molecule has 1 N–H and O–H groups in total. The van der Waals surface area contributed by atoms with Gasteiger partial charge < -0.3 is 9.73 Å². The number of benzene rings is 1. The predicted octanol–water partition coefficient (Wildman–Crippen LogP) is 3.36. The lowest BCUT2D eigenvalue weighted by molar-refractivity contribution is 0.0996. The third kappa shape index (κ3) is 2.93. The molecule has 0 radical (unpaired) electrons. The van der Waals surface area contributed by atoms with E-state index in [9.17, 15) is 17.6 Å². The first-order valence-electron chi connectivity index (χ1n) is 6.62. The summed E-state index contributed by atoms with van der Waals surface area (Å²) in [5.41, 5.74) is 0.211. The molecule has 3 rings (SSSR count). The highest BCUT2D eigenvalue weighted by Gasteiger charge is 2.23. The van der Waals surface area contributed by atoms with Gasteiger partial charge in [0.15, 0.2) is 11.6 Å². The summed E-state index contributed by atoms with van der Waals surface area (Å²) in [6, 6.07) is 8.07. The molecule has 1 amide bonds. The van der Waals surface area contributed by atoms with Crippen molar-refractivity contribution in [3.63, 3.8) is 0 Å². The lowest BCUT2D eigenvalue weighted by atomic mass is 10.3. The van der Waals surface area contributed by atoms with Gasteiger partial charge in [-0.15, -0.1) is 0 Å². The zero-order valence-electron chi connectivity index (χ0n) is 11.9. The van der Waals surface area contributed by atoms with Gasteiger partial charge in [0.2, 0.25) is 0 Å². The van der Waals surface area contributed by atoms with E-state index in [1.165, 1.54) is 36.7 Å². The number of carbonyl (C=O) groups is 1. The van der Waals surface area contributed by atoms with Crippen molar-refractivity contribution in [3.05, 3.63) is 71.7 Å². The lowest BCUT2D eigenvalue weighted by Crippen LogP contribution is -2.14. The summed E-state index contributed by atoms with van der Waals surface area (Å²) < 4.78 is 44.6. The van der Waals surface area contributed by atoms with Crippen LogP contribution in [0, 0.1) is 5.82 Å². The Morgan fingerprint density at radius 3 is 2.71 bits per heavy atom. The fourth-order valence-electron chi connectivity index (χ4n) is 2.00. The van der Waals surface area contributed by atoms with Gasteiger partial charge in [-0.3, -0.25) is 4.79 Å². The summed E-state index contributed by atoms with van der Waals surface area (Å²) in [4.78, 5) is 11.3. The van der Waals surface area contributed by atoms with Gasteiger partial charge in [-0.2, -0.15) is 0 Å². The van der Waals surface area contributed by atoms with Gasteiger partial charge in [-0.1, -0.05) is 17.7 Å². The molecule has 2 aromatic heterocycles. The monoisotopic (exact) mass is 368 g/mol. The van der Waals surface area contributed by atoms with Gasteiger partial charge >= 0.3 is 0 Å². The summed E-state index contributed by atoms with van der Waals surface area (Å²) in [5.74, 6) is -1.50. The summed E-state index contributed by atoms with van der Waals surface area (Å²) in [6.45, 7) is 0. The third-order valence-electron chi connectivity index (χ3n) is 3.14. The number of aromatic nitrogens is 1. The maximum atomic E-state index is 14.0. The highest BCUT2D eigenvalue weighted by atomic mass is 35.5. The van der Waals surface area contributed by atoms with E-state index in [0.717, 1.165) is 16.2 Å². The number of anilines is 1. The molecule has 24 heavy (non-hydrogen) atoms. The van der Waals surface area contributed by atoms with Crippen LogP contribution in [0.3, 0.4) is 0 Å². The van der Waals surface area contributed by atoms with Gasteiger partial charge in [-0.05, 0) is 30.3 Å². The van der Waals surface area contributed by atoms with Crippen LogP contribution in [0.4, 0.5) is 10.1 Å². The summed E-state index contributed by atoms with van der Waals surface area (Å²) >= 11 is 5.62. The fourth-order valence-corrected chi connectivity index (χ4v) is 3.52. The second kappa shape index (κ2) is 6.14. The molecule has 0 unspecified atom stereocenters. The molecule has 1 aromatic carbocycles. The number of hydrogen-bond acceptors (Lipinski definition) is 4. The van der Waals surface area contributed by atoms with E-state index >= 15 is 0 Å². The van der Waals surface area contributed by atoms with E-state index < -0.39 is 26.6 Å². The molecule has 2 heterocycles. The van der Waals surface area contributed by atoms with Crippen LogP contribution in [-0.2, 0) is 10.0 Å². The standard InChI is InChI=1S/C15H10ClFN2O4S/c16-11-3-1-5-13(14(11)17)24(21,22)19-7-6-10(9-19)18-15(20)12-4-2-8-23-12/h1-9H,(H,18,20). The molecule has 9 heteroatoms. The zero-order chi connectivity index (χ0) is 17.3. The summed E-state index contributed by atoms with van der Waals surface area (Å²) in [7, 11) is -4.18. The SMILES string of the molecule is O=C(Nc1ccn(S(=O)(=O)c2cccc(Cl)c2F)c1)c1ccco1. The number of carbonyl (C=O) groups excluding carboxylic acids is 1. The smallest absolute Gasteiger partial charge is 0.291 e. The normalized spacial score (nSPS) is 11.4. The minimum atomic E-state index is -4.18. The highest BCUT2D eigenvalue weighted by Crippen LogP contribution is 2.25. The molecule has 0 aliphatic carbocycles. The minimum Gasteiger partial charge on any atom is -0.459 e. The van der Waals surface area contributed by atoms with E-state index in [4.69, 9.17) is 16.0 Å². The Hall–Kier alpha value is -2.58. The van der Waals surface area contributed by atoms with Crippen LogP contribution in [0.15, 0.2) is 64.4 Å². The van der Waals surface area contributed by atoms with Crippen molar-refractivity contribution in [2.75, 3.05) is 5.32 Å². The van der Waals surface area contributed by atoms with Crippen molar-refractivity contribution in [1.29, 1.82) is 0 Å². The maximum Gasteiger partial charge on any atom is 0.291 e. The number of halogens is 2. The van der Waals surface area contributed by atoms with E-state index in [-0.39, 0.29) is 16.5 Å². The molecule has 0 saturated carbocycles. The predicted molar refractivity (Wildman–Crippen MR) is 85.1 cm³/mol. The first kappa shape index (κ1) is 16.3. The Morgan fingerprint density at radius 1 is 1.21 bits per heavy atom. The van der Waals surface area contributed by atoms with E-state index in [2.05, 4.69) is 5.32 Å². The molecular formula is C15H10ClFN2O4S. The zero-order valence-corrected chi connectivity index (χ0v) is 13.5. The molecule has 124 valence electrons. The largest absolute Gasteiger partial charge is 0.459 e. The van der Waals surface area contributed by atoms with Crippen LogP contribution in [0.25, 0.3) is 0 Å².